The van der Waals surface area contributed by atoms with Crippen LogP contribution in [0.3, 0.4) is 0 Å². The van der Waals surface area contributed by atoms with Crippen LogP contribution in [0, 0.1) is 11.8 Å². The maximum Gasteiger partial charge on any atom is 0.239 e. The van der Waals surface area contributed by atoms with Crippen LogP contribution < -0.4 is 15.2 Å². The standard InChI is InChI=1S/C23H38N4O4S2/c1-16(2)15-33(30,31)26-19-11-13-21(14-12-19)32(29)25-18-9-7-17(8-10-18)22(24)23(28)27(3)20-5-4-6-20/h11-14,16-18,20,22,25-26H,4-10,15,24H2,1-3H3/t17?,18?,22-,32?/m0/s1. The van der Waals surface area contributed by atoms with Gasteiger partial charge >= 0.3 is 0 Å². The number of nitrogens with one attached hydrogen (secondary N) is 2. The van der Waals surface area contributed by atoms with Crippen LogP contribution in [0.25, 0.3) is 0 Å². The van der Waals surface area contributed by atoms with Crippen LogP contribution in [-0.4, -0.2) is 54.7 Å². The molecule has 33 heavy (non-hydrogen) atoms. The summed E-state index contributed by atoms with van der Waals surface area (Å²) in [5, 5.41) is 0. The van der Waals surface area contributed by atoms with E-state index >= 15 is 0 Å². The quantitative estimate of drug-likeness (QED) is 0.426. The van der Waals surface area contributed by atoms with E-state index in [0.717, 1.165) is 38.5 Å². The molecular weight excluding hydrogens is 460 g/mol. The summed E-state index contributed by atoms with van der Waals surface area (Å²) in [7, 11) is -1.53. The summed E-state index contributed by atoms with van der Waals surface area (Å²) >= 11 is -1.39. The average Bonchev–Trinajstić information content (AvgIpc) is 2.71. The molecule has 0 aliphatic heterocycles. The van der Waals surface area contributed by atoms with Gasteiger partial charge in [-0.3, -0.25) is 9.52 Å². The zero-order valence-electron chi connectivity index (χ0n) is 19.8. The molecule has 2 atom stereocenters. The van der Waals surface area contributed by atoms with Gasteiger partial charge in [-0.1, -0.05) is 13.8 Å². The molecule has 10 heteroatoms. The first kappa shape index (κ1) is 26.3. The van der Waals surface area contributed by atoms with Crippen LogP contribution in [0.15, 0.2) is 29.2 Å². The van der Waals surface area contributed by atoms with Crippen molar-refractivity contribution < 1.29 is 17.8 Å². The van der Waals surface area contributed by atoms with Crippen LogP contribution in [-0.2, 0) is 26.2 Å². The Bertz CT molecular complexity index is 882. The molecule has 4 N–H and O–H groups in total. The molecule has 0 heterocycles. The van der Waals surface area contributed by atoms with Crippen molar-refractivity contribution >= 4 is 33.0 Å². The maximum absolute atomic E-state index is 12.8. The lowest BCUT2D eigenvalue weighted by Gasteiger charge is -2.38. The van der Waals surface area contributed by atoms with Crippen molar-refractivity contribution in [2.75, 3.05) is 17.5 Å². The number of likely N-dealkylation sites (N-methyl/N-ethyl adjacent to an activating group) is 1. The second-order valence-corrected chi connectivity index (χ2v) is 12.9. The van der Waals surface area contributed by atoms with Gasteiger partial charge in [0.25, 0.3) is 0 Å². The monoisotopic (exact) mass is 498 g/mol. The number of carbonyl (C=O) groups is 1. The van der Waals surface area contributed by atoms with Crippen molar-refractivity contribution in [2.45, 2.75) is 81.8 Å². The molecule has 186 valence electrons. The van der Waals surface area contributed by atoms with Crippen molar-refractivity contribution in [3.63, 3.8) is 0 Å². The minimum absolute atomic E-state index is 0.0323. The van der Waals surface area contributed by atoms with Crippen LogP contribution in [0.5, 0.6) is 0 Å². The van der Waals surface area contributed by atoms with Gasteiger partial charge in [-0.2, -0.15) is 0 Å². The number of sulfonamides is 1. The second kappa shape index (κ2) is 11.4. The number of amides is 1. The van der Waals surface area contributed by atoms with Crippen LogP contribution >= 0.6 is 0 Å². The van der Waals surface area contributed by atoms with E-state index in [2.05, 4.69) is 9.44 Å². The molecule has 1 aromatic carbocycles. The van der Waals surface area contributed by atoms with Gasteiger partial charge in [0.2, 0.25) is 15.9 Å². The first-order valence-electron chi connectivity index (χ1n) is 11.9. The molecule has 3 rings (SSSR count). The molecule has 2 aliphatic carbocycles. The van der Waals surface area contributed by atoms with E-state index in [1.54, 1.807) is 24.3 Å². The number of hydrogen-bond donors (Lipinski definition) is 3. The molecule has 1 aromatic rings. The molecular formula is C23H38N4O4S2. The topological polar surface area (TPSA) is 128 Å². The van der Waals surface area contributed by atoms with Gasteiger partial charge in [0, 0.05) is 18.8 Å². The van der Waals surface area contributed by atoms with E-state index in [4.69, 9.17) is 5.73 Å². The molecule has 2 fully saturated rings. The normalized spacial score (nSPS) is 23.6. The summed E-state index contributed by atoms with van der Waals surface area (Å²) in [6.45, 7) is 3.70. The lowest BCUT2D eigenvalue weighted by atomic mass is 9.81. The van der Waals surface area contributed by atoms with Crippen molar-refractivity contribution in [1.82, 2.24) is 9.62 Å². The van der Waals surface area contributed by atoms with Crippen molar-refractivity contribution in [1.29, 1.82) is 0 Å². The SMILES string of the molecule is CC(C)CS(=O)(=O)Nc1ccc([S+]([O-])NC2CCC([C@H](N)C(=O)N(C)C3CCC3)CC2)cc1. The Morgan fingerprint density at radius 3 is 2.27 bits per heavy atom. The predicted octanol–water partition coefficient (Wildman–Crippen LogP) is 2.59. The van der Waals surface area contributed by atoms with E-state index in [1.807, 2.05) is 25.8 Å². The summed E-state index contributed by atoms with van der Waals surface area (Å²) in [5.74, 6) is 0.287. The fourth-order valence-electron chi connectivity index (χ4n) is 4.51. The number of benzene rings is 1. The molecule has 0 saturated heterocycles. The summed E-state index contributed by atoms with van der Waals surface area (Å²) in [5.41, 5.74) is 6.77. The number of anilines is 1. The molecule has 0 spiro atoms. The molecule has 1 unspecified atom stereocenters. The summed E-state index contributed by atoms with van der Waals surface area (Å²) in [4.78, 5) is 15.1. The van der Waals surface area contributed by atoms with Crippen molar-refractivity contribution in [3.8, 4) is 0 Å². The van der Waals surface area contributed by atoms with Crippen LogP contribution in [0.2, 0.25) is 0 Å². The van der Waals surface area contributed by atoms with Gasteiger partial charge in [0.15, 0.2) is 4.90 Å². The third kappa shape index (κ3) is 7.32. The molecule has 0 bridgehead atoms. The molecule has 0 aromatic heterocycles. The Morgan fingerprint density at radius 1 is 1.15 bits per heavy atom. The van der Waals surface area contributed by atoms with E-state index in [1.165, 1.54) is 6.42 Å². The Labute approximate surface area is 201 Å². The lowest BCUT2D eigenvalue weighted by molar-refractivity contribution is -0.136. The van der Waals surface area contributed by atoms with E-state index in [0.29, 0.717) is 16.6 Å². The highest BCUT2D eigenvalue weighted by molar-refractivity contribution is 7.92. The predicted molar refractivity (Wildman–Crippen MR) is 132 cm³/mol. The zero-order valence-corrected chi connectivity index (χ0v) is 21.5. The van der Waals surface area contributed by atoms with Crippen molar-refractivity contribution in [2.24, 2.45) is 17.6 Å². The molecule has 2 saturated carbocycles. The maximum atomic E-state index is 12.8. The first-order chi connectivity index (χ1) is 15.6. The molecule has 8 nitrogen and oxygen atoms in total. The van der Waals surface area contributed by atoms with E-state index in [-0.39, 0.29) is 29.5 Å². The minimum Gasteiger partial charge on any atom is -0.593 e. The fourth-order valence-corrected chi connectivity index (χ4v) is 7.03. The third-order valence-corrected chi connectivity index (χ3v) is 9.60. The Hall–Kier alpha value is -1.33. The van der Waals surface area contributed by atoms with Gasteiger partial charge < -0.3 is 15.2 Å². The van der Waals surface area contributed by atoms with Gasteiger partial charge in [-0.15, -0.1) is 4.72 Å². The first-order valence-corrected chi connectivity index (χ1v) is 14.7. The van der Waals surface area contributed by atoms with Gasteiger partial charge in [0.1, 0.15) is 0 Å². The Balaban J connectivity index is 1.46. The number of carbonyl (C=O) groups excluding carboxylic acids is 1. The average molecular weight is 499 g/mol. The van der Waals surface area contributed by atoms with Crippen molar-refractivity contribution in [3.05, 3.63) is 24.3 Å². The third-order valence-electron chi connectivity index (χ3n) is 6.70. The van der Waals surface area contributed by atoms with E-state index < -0.39 is 27.4 Å². The van der Waals surface area contributed by atoms with Crippen LogP contribution in [0.1, 0.15) is 58.8 Å². The highest BCUT2D eigenvalue weighted by Crippen LogP contribution is 2.30. The smallest absolute Gasteiger partial charge is 0.239 e. The summed E-state index contributed by atoms with van der Waals surface area (Å²) in [6, 6.07) is 6.59. The second-order valence-electron chi connectivity index (χ2n) is 9.86. The molecule has 2 aliphatic rings. The number of nitrogens with zero attached hydrogens (tertiary/aromatic N) is 1. The highest BCUT2D eigenvalue weighted by Gasteiger charge is 2.35. The number of hydrogen-bond acceptors (Lipinski definition) is 6. The highest BCUT2D eigenvalue weighted by atomic mass is 32.2. The largest absolute Gasteiger partial charge is 0.593 e. The van der Waals surface area contributed by atoms with Gasteiger partial charge in [-0.05, 0) is 81.0 Å². The summed E-state index contributed by atoms with van der Waals surface area (Å²) in [6.07, 6.45) is 6.62. The number of rotatable bonds is 10. The lowest BCUT2D eigenvalue weighted by Crippen LogP contribution is -2.52. The Kier molecular flexibility index (Phi) is 9.08. The summed E-state index contributed by atoms with van der Waals surface area (Å²) < 4.78 is 42.6. The molecule has 0 radical (unpaired) electrons. The fraction of sp³-hybridized carbons (Fsp3) is 0.696. The van der Waals surface area contributed by atoms with Gasteiger partial charge in [0.05, 0.1) is 29.2 Å². The zero-order chi connectivity index (χ0) is 24.2. The Morgan fingerprint density at radius 2 is 1.76 bits per heavy atom. The van der Waals surface area contributed by atoms with Crippen LogP contribution in [0.4, 0.5) is 5.69 Å². The molecule has 1 amide bonds. The van der Waals surface area contributed by atoms with E-state index in [9.17, 15) is 17.8 Å². The minimum atomic E-state index is -3.40. The van der Waals surface area contributed by atoms with Gasteiger partial charge in [-0.25, -0.2) is 8.42 Å². The number of nitrogens with two attached hydrogens (primary N) is 1.